The molecule has 0 saturated heterocycles. The van der Waals surface area contributed by atoms with Crippen molar-refractivity contribution in [3.8, 4) is 0 Å². The largest absolute Gasteiger partial charge is 0.351 e. The van der Waals surface area contributed by atoms with Crippen molar-refractivity contribution in [2.45, 2.75) is 26.8 Å². The summed E-state index contributed by atoms with van der Waals surface area (Å²) in [7, 11) is 0. The second-order valence-corrected chi connectivity index (χ2v) is 4.48. The van der Waals surface area contributed by atoms with Crippen molar-refractivity contribution in [1.82, 2.24) is 5.32 Å². The molecule has 0 aliphatic carbocycles. The van der Waals surface area contributed by atoms with Crippen LogP contribution in [0.2, 0.25) is 0 Å². The van der Waals surface area contributed by atoms with E-state index in [1.807, 2.05) is 13.1 Å². The van der Waals surface area contributed by atoms with Gasteiger partial charge in [-0.25, -0.2) is 0 Å². The first-order valence-electron chi connectivity index (χ1n) is 4.70. The molecule has 2 nitrogen and oxygen atoms in total. The number of amidine groups is 1. The van der Waals surface area contributed by atoms with E-state index in [2.05, 4.69) is 35.6 Å². The molecule has 1 atom stereocenters. The minimum Gasteiger partial charge on any atom is -0.351 e. The monoisotopic (exact) mass is 242 g/mol. The summed E-state index contributed by atoms with van der Waals surface area (Å²) in [5.41, 5.74) is 2.74. The van der Waals surface area contributed by atoms with E-state index < -0.39 is 0 Å². The average Bonchev–Trinajstić information content (AvgIpc) is 2.48. The number of hydrogen-bond donors (Lipinski definition) is 1. The second kappa shape index (κ2) is 4.81. The van der Waals surface area contributed by atoms with E-state index in [4.69, 9.17) is 0 Å². The number of thiophene rings is 1. The Morgan fingerprint density at radius 1 is 1.33 bits per heavy atom. The molecule has 2 heterocycles. The summed E-state index contributed by atoms with van der Waals surface area (Å²) in [6.07, 6.45) is 4.08. The number of nitrogens with one attached hydrogen (secondary N) is 1. The molecule has 0 radical (unpaired) electrons. The molecule has 0 amide bonds. The van der Waals surface area contributed by atoms with Crippen LogP contribution in [-0.4, -0.2) is 5.84 Å². The van der Waals surface area contributed by atoms with Gasteiger partial charge < -0.3 is 5.32 Å². The molecule has 0 aromatic carbocycles. The van der Waals surface area contributed by atoms with Gasteiger partial charge in [0.05, 0.1) is 5.84 Å². The van der Waals surface area contributed by atoms with E-state index in [-0.39, 0.29) is 18.4 Å². The summed E-state index contributed by atoms with van der Waals surface area (Å²) in [6, 6.07) is 0.218. The highest BCUT2D eigenvalue weighted by atomic mass is 35.5. The molecule has 15 heavy (non-hydrogen) atoms. The molecule has 0 bridgehead atoms. The van der Waals surface area contributed by atoms with Crippen LogP contribution < -0.4 is 5.32 Å². The molecule has 1 N–H and O–H groups in total. The standard InChI is InChI=1S/C11H14N2S.ClH/c1-7-6-14-11(8(7)2)10-4-5-12-9(3)13-10;/h4-6,10H,1-3H3,(H,12,13);1H. The van der Waals surface area contributed by atoms with Crippen LogP contribution in [0, 0.1) is 13.8 Å². The molecule has 1 unspecified atom stereocenters. The summed E-state index contributed by atoms with van der Waals surface area (Å²) in [5, 5.41) is 5.28. The van der Waals surface area contributed by atoms with Crippen LogP contribution in [0.1, 0.15) is 29.0 Å². The van der Waals surface area contributed by atoms with E-state index in [0.29, 0.717) is 0 Å². The van der Waals surface area contributed by atoms with Gasteiger partial charge in [-0.1, -0.05) is 0 Å². The Bertz CT molecular complexity index is 407. The predicted octanol–water partition coefficient (Wildman–Crippen LogP) is 3.36. The highest BCUT2D eigenvalue weighted by Gasteiger charge is 2.15. The SMILES string of the molecule is CC1=NC(c2scc(C)c2C)C=CN1.Cl. The van der Waals surface area contributed by atoms with E-state index in [0.717, 1.165) is 5.84 Å². The van der Waals surface area contributed by atoms with Crippen molar-refractivity contribution in [3.63, 3.8) is 0 Å². The molecular formula is C11H15ClN2S. The lowest BCUT2D eigenvalue weighted by atomic mass is 10.1. The molecule has 0 fully saturated rings. The molecule has 2 rings (SSSR count). The van der Waals surface area contributed by atoms with Gasteiger partial charge in [0.25, 0.3) is 0 Å². The lowest BCUT2D eigenvalue weighted by Gasteiger charge is -2.14. The molecule has 1 aromatic rings. The van der Waals surface area contributed by atoms with E-state index in [1.165, 1.54) is 16.0 Å². The second-order valence-electron chi connectivity index (χ2n) is 3.57. The third-order valence-corrected chi connectivity index (χ3v) is 3.77. The zero-order valence-electron chi connectivity index (χ0n) is 9.07. The van der Waals surface area contributed by atoms with Gasteiger partial charge in [-0.05, 0) is 43.4 Å². The van der Waals surface area contributed by atoms with Crippen molar-refractivity contribution >= 4 is 29.6 Å². The van der Waals surface area contributed by atoms with Gasteiger partial charge in [0.2, 0.25) is 0 Å². The maximum Gasteiger partial charge on any atom is 0.106 e. The summed E-state index contributed by atoms with van der Waals surface area (Å²) in [4.78, 5) is 5.92. The minimum atomic E-state index is 0. The van der Waals surface area contributed by atoms with Gasteiger partial charge in [0.15, 0.2) is 0 Å². The average molecular weight is 243 g/mol. The summed E-state index contributed by atoms with van der Waals surface area (Å²) in [5.74, 6) is 0.989. The van der Waals surface area contributed by atoms with Crippen LogP contribution in [0.25, 0.3) is 0 Å². The Balaban J connectivity index is 0.00000112. The maximum absolute atomic E-state index is 4.56. The van der Waals surface area contributed by atoms with Crippen LogP contribution >= 0.6 is 23.7 Å². The van der Waals surface area contributed by atoms with Gasteiger partial charge in [-0.2, -0.15) is 0 Å². The third-order valence-electron chi connectivity index (χ3n) is 2.50. The normalized spacial score (nSPS) is 19.1. The Labute approximate surface area is 101 Å². The van der Waals surface area contributed by atoms with Gasteiger partial charge >= 0.3 is 0 Å². The number of hydrogen-bond acceptors (Lipinski definition) is 3. The van der Waals surface area contributed by atoms with Gasteiger partial charge in [0.1, 0.15) is 6.04 Å². The van der Waals surface area contributed by atoms with Crippen LogP contribution in [-0.2, 0) is 0 Å². The highest BCUT2D eigenvalue weighted by molar-refractivity contribution is 7.10. The molecule has 1 aromatic heterocycles. The summed E-state index contributed by atoms with van der Waals surface area (Å²) < 4.78 is 0. The first kappa shape index (κ1) is 12.3. The summed E-state index contributed by atoms with van der Waals surface area (Å²) >= 11 is 1.80. The zero-order chi connectivity index (χ0) is 10.1. The molecular weight excluding hydrogens is 228 g/mol. The van der Waals surface area contributed by atoms with Crippen LogP contribution in [0.5, 0.6) is 0 Å². The quantitative estimate of drug-likeness (QED) is 0.803. The van der Waals surface area contributed by atoms with Crippen molar-refractivity contribution in [2.75, 3.05) is 0 Å². The summed E-state index contributed by atoms with van der Waals surface area (Å²) in [6.45, 7) is 6.31. The maximum atomic E-state index is 4.56. The number of nitrogens with zero attached hydrogens (tertiary/aromatic N) is 1. The third kappa shape index (κ3) is 2.41. The Kier molecular flexibility index (Phi) is 3.94. The fraction of sp³-hybridized carbons (Fsp3) is 0.364. The number of rotatable bonds is 1. The van der Waals surface area contributed by atoms with E-state index in [9.17, 15) is 0 Å². The van der Waals surface area contributed by atoms with Crippen molar-refractivity contribution in [1.29, 1.82) is 0 Å². The zero-order valence-corrected chi connectivity index (χ0v) is 10.7. The smallest absolute Gasteiger partial charge is 0.106 e. The first-order chi connectivity index (χ1) is 6.68. The van der Waals surface area contributed by atoms with Crippen molar-refractivity contribution in [2.24, 2.45) is 4.99 Å². The fourth-order valence-electron chi connectivity index (χ4n) is 1.51. The Hall–Kier alpha value is -0.800. The van der Waals surface area contributed by atoms with Gasteiger partial charge in [0, 0.05) is 11.1 Å². The number of aliphatic imine (C=N–C) groups is 1. The molecule has 1 aliphatic heterocycles. The highest BCUT2D eigenvalue weighted by Crippen LogP contribution is 2.31. The lowest BCUT2D eigenvalue weighted by molar-refractivity contribution is 0.879. The number of aryl methyl sites for hydroxylation is 1. The minimum absolute atomic E-state index is 0. The number of halogens is 1. The first-order valence-corrected chi connectivity index (χ1v) is 5.58. The molecule has 0 saturated carbocycles. The molecule has 1 aliphatic rings. The van der Waals surface area contributed by atoms with Crippen LogP contribution in [0.4, 0.5) is 0 Å². The molecule has 0 spiro atoms. The van der Waals surface area contributed by atoms with E-state index in [1.54, 1.807) is 11.3 Å². The molecule has 4 heteroatoms. The lowest BCUT2D eigenvalue weighted by Crippen LogP contribution is -2.18. The fourth-order valence-corrected chi connectivity index (χ4v) is 2.60. The predicted molar refractivity (Wildman–Crippen MR) is 69.2 cm³/mol. The molecule has 82 valence electrons. The van der Waals surface area contributed by atoms with Gasteiger partial charge in [-0.3, -0.25) is 4.99 Å². The topological polar surface area (TPSA) is 24.4 Å². The van der Waals surface area contributed by atoms with Crippen LogP contribution in [0.15, 0.2) is 22.6 Å². The Morgan fingerprint density at radius 3 is 2.60 bits per heavy atom. The van der Waals surface area contributed by atoms with E-state index >= 15 is 0 Å². The van der Waals surface area contributed by atoms with Crippen LogP contribution in [0.3, 0.4) is 0 Å². The van der Waals surface area contributed by atoms with Crippen molar-refractivity contribution < 1.29 is 0 Å². The van der Waals surface area contributed by atoms with Gasteiger partial charge in [-0.15, -0.1) is 23.7 Å². The Morgan fingerprint density at radius 2 is 2.07 bits per heavy atom. The van der Waals surface area contributed by atoms with Crippen molar-refractivity contribution in [3.05, 3.63) is 33.7 Å².